The van der Waals surface area contributed by atoms with E-state index in [2.05, 4.69) is 18.0 Å². The SMILES string of the molecule is CCOc1ccccc1C(N)c1ncccc1CC. The third-order valence-corrected chi connectivity index (χ3v) is 3.16. The maximum Gasteiger partial charge on any atom is 0.124 e. The van der Waals surface area contributed by atoms with E-state index in [1.165, 1.54) is 5.56 Å². The van der Waals surface area contributed by atoms with Crippen LogP contribution in [0.15, 0.2) is 42.6 Å². The number of para-hydroxylation sites is 1. The lowest BCUT2D eigenvalue weighted by Crippen LogP contribution is -2.17. The molecule has 0 aliphatic heterocycles. The summed E-state index contributed by atoms with van der Waals surface area (Å²) in [7, 11) is 0. The highest BCUT2D eigenvalue weighted by Gasteiger charge is 2.17. The van der Waals surface area contributed by atoms with E-state index in [4.69, 9.17) is 10.5 Å². The van der Waals surface area contributed by atoms with E-state index in [9.17, 15) is 0 Å². The van der Waals surface area contributed by atoms with E-state index in [1.807, 2.05) is 37.3 Å². The summed E-state index contributed by atoms with van der Waals surface area (Å²) in [4.78, 5) is 4.45. The molecule has 1 aromatic carbocycles. The minimum atomic E-state index is -0.251. The van der Waals surface area contributed by atoms with Crippen molar-refractivity contribution in [1.82, 2.24) is 4.98 Å². The molecule has 0 fully saturated rings. The smallest absolute Gasteiger partial charge is 0.124 e. The number of hydrogen-bond acceptors (Lipinski definition) is 3. The number of aryl methyl sites for hydroxylation is 1. The van der Waals surface area contributed by atoms with E-state index in [-0.39, 0.29) is 6.04 Å². The number of nitrogens with two attached hydrogens (primary N) is 1. The predicted octanol–water partition coefficient (Wildman–Crippen LogP) is 3.09. The summed E-state index contributed by atoms with van der Waals surface area (Å²) >= 11 is 0. The van der Waals surface area contributed by atoms with Gasteiger partial charge in [0.25, 0.3) is 0 Å². The predicted molar refractivity (Wildman–Crippen MR) is 77.3 cm³/mol. The summed E-state index contributed by atoms with van der Waals surface area (Å²) in [5.74, 6) is 0.838. The summed E-state index contributed by atoms with van der Waals surface area (Å²) in [5.41, 5.74) is 9.47. The Morgan fingerprint density at radius 3 is 2.68 bits per heavy atom. The van der Waals surface area contributed by atoms with Gasteiger partial charge in [-0.3, -0.25) is 4.98 Å². The molecule has 0 bridgehead atoms. The Bertz CT molecular complexity index is 540. The summed E-state index contributed by atoms with van der Waals surface area (Å²) in [6.07, 6.45) is 2.71. The fourth-order valence-corrected chi connectivity index (χ4v) is 2.20. The van der Waals surface area contributed by atoms with Crippen LogP contribution in [0.25, 0.3) is 0 Å². The molecule has 100 valence electrons. The Labute approximate surface area is 114 Å². The molecule has 0 aliphatic rings. The molecule has 1 heterocycles. The molecule has 0 saturated carbocycles. The van der Waals surface area contributed by atoms with E-state index in [0.717, 1.165) is 23.4 Å². The molecule has 0 amide bonds. The van der Waals surface area contributed by atoms with Crippen LogP contribution < -0.4 is 10.5 Å². The van der Waals surface area contributed by atoms with Gasteiger partial charge in [0.2, 0.25) is 0 Å². The second kappa shape index (κ2) is 6.34. The van der Waals surface area contributed by atoms with Gasteiger partial charge in [-0.05, 0) is 31.0 Å². The van der Waals surface area contributed by atoms with Crippen LogP contribution in [0.1, 0.15) is 36.7 Å². The average Bonchev–Trinajstić information content (AvgIpc) is 2.47. The van der Waals surface area contributed by atoms with Crippen LogP contribution in [-0.2, 0) is 6.42 Å². The van der Waals surface area contributed by atoms with Gasteiger partial charge in [-0.15, -0.1) is 0 Å². The maximum atomic E-state index is 6.38. The first-order valence-corrected chi connectivity index (χ1v) is 6.69. The van der Waals surface area contributed by atoms with Crippen molar-refractivity contribution in [2.75, 3.05) is 6.61 Å². The van der Waals surface area contributed by atoms with Gasteiger partial charge >= 0.3 is 0 Å². The van der Waals surface area contributed by atoms with E-state index >= 15 is 0 Å². The summed E-state index contributed by atoms with van der Waals surface area (Å²) in [6, 6.07) is 11.7. The van der Waals surface area contributed by atoms with Crippen molar-refractivity contribution in [2.45, 2.75) is 26.3 Å². The molecular formula is C16H20N2O. The normalized spacial score (nSPS) is 12.2. The molecule has 19 heavy (non-hydrogen) atoms. The van der Waals surface area contributed by atoms with Crippen LogP contribution >= 0.6 is 0 Å². The van der Waals surface area contributed by atoms with Gasteiger partial charge in [0, 0.05) is 11.8 Å². The first-order valence-electron chi connectivity index (χ1n) is 6.69. The lowest BCUT2D eigenvalue weighted by atomic mass is 9.98. The van der Waals surface area contributed by atoms with Crippen LogP contribution in [0.5, 0.6) is 5.75 Å². The number of nitrogens with zero attached hydrogens (tertiary/aromatic N) is 1. The molecule has 3 heteroatoms. The third kappa shape index (κ3) is 2.93. The van der Waals surface area contributed by atoms with E-state index in [1.54, 1.807) is 6.20 Å². The van der Waals surface area contributed by atoms with Gasteiger partial charge in [0.15, 0.2) is 0 Å². The zero-order valence-corrected chi connectivity index (χ0v) is 11.5. The Kier molecular flexibility index (Phi) is 4.53. The maximum absolute atomic E-state index is 6.38. The van der Waals surface area contributed by atoms with Crippen molar-refractivity contribution in [3.8, 4) is 5.75 Å². The number of ether oxygens (including phenoxy) is 1. The third-order valence-electron chi connectivity index (χ3n) is 3.16. The number of hydrogen-bond donors (Lipinski definition) is 1. The molecule has 1 atom stereocenters. The number of aromatic nitrogens is 1. The van der Waals surface area contributed by atoms with Crippen LogP contribution in [0.2, 0.25) is 0 Å². The second-order valence-electron chi connectivity index (χ2n) is 4.35. The van der Waals surface area contributed by atoms with Gasteiger partial charge in [-0.1, -0.05) is 31.2 Å². The Morgan fingerprint density at radius 1 is 1.16 bits per heavy atom. The minimum Gasteiger partial charge on any atom is -0.494 e. The van der Waals surface area contributed by atoms with Crippen LogP contribution in [0.3, 0.4) is 0 Å². The first kappa shape index (κ1) is 13.6. The van der Waals surface area contributed by atoms with Gasteiger partial charge in [0.1, 0.15) is 5.75 Å². The number of pyridine rings is 1. The van der Waals surface area contributed by atoms with Gasteiger partial charge in [0.05, 0.1) is 18.3 Å². The molecule has 3 nitrogen and oxygen atoms in total. The van der Waals surface area contributed by atoms with Gasteiger partial charge in [-0.2, -0.15) is 0 Å². The van der Waals surface area contributed by atoms with Crippen molar-refractivity contribution in [3.63, 3.8) is 0 Å². The van der Waals surface area contributed by atoms with Crippen LogP contribution in [-0.4, -0.2) is 11.6 Å². The first-order chi connectivity index (χ1) is 9.27. The Hall–Kier alpha value is -1.87. The van der Waals surface area contributed by atoms with Crippen molar-refractivity contribution in [1.29, 1.82) is 0 Å². The zero-order valence-electron chi connectivity index (χ0n) is 11.5. The van der Waals surface area contributed by atoms with E-state index in [0.29, 0.717) is 6.61 Å². The van der Waals surface area contributed by atoms with Crippen molar-refractivity contribution in [2.24, 2.45) is 5.73 Å². The molecule has 0 aliphatic carbocycles. The molecule has 1 unspecified atom stereocenters. The highest BCUT2D eigenvalue weighted by atomic mass is 16.5. The Balaban J connectivity index is 2.41. The van der Waals surface area contributed by atoms with Crippen LogP contribution in [0.4, 0.5) is 0 Å². The summed E-state index contributed by atoms with van der Waals surface area (Å²) in [6.45, 7) is 4.72. The molecule has 0 saturated heterocycles. The van der Waals surface area contributed by atoms with Crippen molar-refractivity contribution in [3.05, 3.63) is 59.4 Å². The Morgan fingerprint density at radius 2 is 1.95 bits per heavy atom. The summed E-state index contributed by atoms with van der Waals surface area (Å²) in [5, 5.41) is 0. The lowest BCUT2D eigenvalue weighted by Gasteiger charge is -2.18. The highest BCUT2D eigenvalue weighted by molar-refractivity contribution is 5.41. The topological polar surface area (TPSA) is 48.1 Å². The largest absolute Gasteiger partial charge is 0.494 e. The standard InChI is InChI=1S/C16H20N2O/c1-3-12-8-7-11-18-16(12)15(17)13-9-5-6-10-14(13)19-4-2/h5-11,15H,3-4,17H2,1-2H3. The molecule has 1 aromatic heterocycles. The molecule has 2 N–H and O–H groups in total. The van der Waals surface area contributed by atoms with Crippen LogP contribution in [0, 0.1) is 0 Å². The van der Waals surface area contributed by atoms with Gasteiger partial charge in [-0.25, -0.2) is 0 Å². The summed E-state index contributed by atoms with van der Waals surface area (Å²) < 4.78 is 5.65. The fraction of sp³-hybridized carbons (Fsp3) is 0.312. The monoisotopic (exact) mass is 256 g/mol. The number of benzene rings is 1. The molecule has 0 radical (unpaired) electrons. The average molecular weight is 256 g/mol. The molecular weight excluding hydrogens is 236 g/mol. The minimum absolute atomic E-state index is 0.251. The highest BCUT2D eigenvalue weighted by Crippen LogP contribution is 2.28. The fourth-order valence-electron chi connectivity index (χ4n) is 2.20. The van der Waals surface area contributed by atoms with Crippen molar-refractivity contribution >= 4 is 0 Å². The van der Waals surface area contributed by atoms with Crippen molar-refractivity contribution < 1.29 is 4.74 Å². The van der Waals surface area contributed by atoms with E-state index < -0.39 is 0 Å². The second-order valence-corrected chi connectivity index (χ2v) is 4.35. The molecule has 2 aromatic rings. The molecule has 0 spiro atoms. The van der Waals surface area contributed by atoms with Gasteiger partial charge < -0.3 is 10.5 Å². The lowest BCUT2D eigenvalue weighted by molar-refractivity contribution is 0.335. The molecule has 2 rings (SSSR count). The quantitative estimate of drug-likeness (QED) is 0.894. The number of rotatable bonds is 5. The zero-order chi connectivity index (χ0) is 13.7.